The first kappa shape index (κ1) is 31.8. The quantitative estimate of drug-likeness (QED) is 0.240. The average Bonchev–Trinajstić information content (AvgIpc) is 3.67. The van der Waals surface area contributed by atoms with E-state index in [0.29, 0.717) is 64.0 Å². The van der Waals surface area contributed by atoms with Crippen LogP contribution in [0.25, 0.3) is 10.9 Å². The largest absolute Gasteiger partial charge is 0.496 e. The minimum atomic E-state index is -4.31. The molecule has 1 saturated carbocycles. The highest BCUT2D eigenvalue weighted by Crippen LogP contribution is 2.49. The molecule has 9 nitrogen and oxygen atoms in total. The van der Waals surface area contributed by atoms with Crippen molar-refractivity contribution in [1.29, 1.82) is 0 Å². The van der Waals surface area contributed by atoms with Crippen LogP contribution in [-0.2, 0) is 16.4 Å². The fraction of sp³-hybridized carbons (Fsp3) is 0.484. The lowest BCUT2D eigenvalue weighted by molar-refractivity contribution is -0.146. The number of hydrogen-bond donors (Lipinski definition) is 1. The number of pyridine rings is 1. The molecule has 2 aliphatic rings. The van der Waals surface area contributed by atoms with Crippen LogP contribution < -0.4 is 15.2 Å². The molecule has 3 aromatic rings. The molecule has 2 fully saturated rings. The number of anilines is 1. The number of halogens is 3. The number of carbonyl (C=O) groups excluding carboxylic acids is 1. The third kappa shape index (κ3) is 6.03. The van der Waals surface area contributed by atoms with Crippen molar-refractivity contribution < 1.29 is 31.1 Å². The van der Waals surface area contributed by atoms with Gasteiger partial charge in [-0.1, -0.05) is 6.08 Å². The maximum absolute atomic E-state index is 14.0. The van der Waals surface area contributed by atoms with Gasteiger partial charge < -0.3 is 14.6 Å². The fourth-order valence-corrected chi connectivity index (χ4v) is 8.25. The number of aromatic nitrogens is 2. The molecule has 2 aromatic heterocycles. The molecule has 0 spiro atoms. The van der Waals surface area contributed by atoms with Crippen molar-refractivity contribution in [2.75, 3.05) is 44.7 Å². The van der Waals surface area contributed by atoms with Gasteiger partial charge >= 0.3 is 6.18 Å². The Balaban J connectivity index is 1.56. The summed E-state index contributed by atoms with van der Waals surface area (Å²) in [4.78, 5) is 32.5. The standard InChI is InChI=1S/C31H37F3N4O5S/c1-5-8-30(9-10-30)44(41,42)38-18-20(2)28-24(26(39)7-6-23-27(43-4)15-21(3)35-29(23)40)16-22(17-25(28)38)37-13-11-36(12-14-37)19-31(32,33)34/h5,15-18H,1,6-14,19H2,2-4H3,(H,35,40). The second-order valence-corrected chi connectivity index (χ2v) is 14.0. The van der Waals surface area contributed by atoms with Crippen LogP contribution in [0.1, 0.15) is 52.9 Å². The number of allylic oxidation sites excluding steroid dienone is 1. The molecule has 0 radical (unpaired) electrons. The Bertz CT molecular complexity index is 1770. The van der Waals surface area contributed by atoms with E-state index < -0.39 is 27.5 Å². The van der Waals surface area contributed by atoms with Gasteiger partial charge in [-0.2, -0.15) is 13.2 Å². The maximum Gasteiger partial charge on any atom is 0.401 e. The number of methoxy groups -OCH3 is 1. The summed E-state index contributed by atoms with van der Waals surface area (Å²) in [5.41, 5.74) is 2.41. The second kappa shape index (κ2) is 11.7. The van der Waals surface area contributed by atoms with Crippen LogP contribution in [-0.4, -0.2) is 78.8 Å². The normalized spacial score (nSPS) is 17.2. The van der Waals surface area contributed by atoms with Crippen molar-refractivity contribution in [2.24, 2.45) is 0 Å². The van der Waals surface area contributed by atoms with Gasteiger partial charge in [0.2, 0.25) is 10.0 Å². The minimum Gasteiger partial charge on any atom is -0.496 e. The molecule has 1 aromatic carbocycles. The highest BCUT2D eigenvalue weighted by atomic mass is 32.2. The highest BCUT2D eigenvalue weighted by Gasteiger charge is 2.54. The van der Waals surface area contributed by atoms with E-state index in [0.717, 1.165) is 0 Å². The number of rotatable bonds is 11. The van der Waals surface area contributed by atoms with Crippen molar-refractivity contribution in [3.63, 3.8) is 0 Å². The lowest BCUT2D eigenvalue weighted by Gasteiger charge is -2.36. The van der Waals surface area contributed by atoms with Gasteiger partial charge in [-0.15, -0.1) is 6.58 Å². The summed E-state index contributed by atoms with van der Waals surface area (Å²) < 4.78 is 72.6. The number of ether oxygens (including phenoxy) is 1. The summed E-state index contributed by atoms with van der Waals surface area (Å²) in [6, 6.07) is 5.10. The second-order valence-electron chi connectivity index (χ2n) is 11.8. The molecular weight excluding hydrogens is 597 g/mol. The van der Waals surface area contributed by atoms with Crippen molar-refractivity contribution >= 4 is 32.4 Å². The molecule has 1 aliphatic heterocycles. The van der Waals surface area contributed by atoms with E-state index >= 15 is 0 Å². The molecule has 0 amide bonds. The molecular formula is C31H37F3N4O5S. The van der Waals surface area contributed by atoms with Crippen molar-refractivity contribution in [3.8, 4) is 5.75 Å². The summed E-state index contributed by atoms with van der Waals surface area (Å²) in [6.07, 6.45) is 0.189. The van der Waals surface area contributed by atoms with E-state index in [-0.39, 0.29) is 50.4 Å². The summed E-state index contributed by atoms with van der Waals surface area (Å²) >= 11 is 0. The molecule has 0 bridgehead atoms. The van der Waals surface area contributed by atoms with E-state index in [2.05, 4.69) is 11.6 Å². The van der Waals surface area contributed by atoms with Crippen LogP contribution in [0.3, 0.4) is 0 Å². The molecule has 13 heteroatoms. The molecule has 238 valence electrons. The molecule has 3 heterocycles. The first-order valence-corrected chi connectivity index (χ1v) is 16.0. The van der Waals surface area contributed by atoms with Crippen LogP contribution in [0.2, 0.25) is 0 Å². The van der Waals surface area contributed by atoms with Gasteiger partial charge in [0.25, 0.3) is 5.56 Å². The number of alkyl halides is 3. The highest BCUT2D eigenvalue weighted by molar-refractivity contribution is 7.91. The Morgan fingerprint density at radius 3 is 2.41 bits per heavy atom. The Morgan fingerprint density at radius 1 is 1.14 bits per heavy atom. The van der Waals surface area contributed by atoms with Gasteiger partial charge in [0.05, 0.1) is 29.5 Å². The molecule has 0 atom stereocenters. The molecule has 1 saturated heterocycles. The van der Waals surface area contributed by atoms with E-state index in [9.17, 15) is 31.2 Å². The van der Waals surface area contributed by atoms with Gasteiger partial charge in [0.1, 0.15) is 5.75 Å². The van der Waals surface area contributed by atoms with E-state index in [4.69, 9.17) is 4.74 Å². The number of nitrogens with zero attached hydrogens (tertiary/aromatic N) is 3. The number of hydrogen-bond acceptors (Lipinski definition) is 7. The SMILES string of the molecule is C=CCC1(S(=O)(=O)n2cc(C)c3c(C(=O)CCc4c(OC)cc(C)[nH]c4=O)cc(N4CCN(CC(F)(F)F)CC4)cc32)CC1. The molecule has 1 aliphatic carbocycles. The van der Waals surface area contributed by atoms with Crippen LogP contribution in [0, 0.1) is 13.8 Å². The number of Topliss-reactive ketones (excluding diaryl/α,β-unsaturated/α-hetero) is 1. The number of ketones is 1. The number of nitrogens with one attached hydrogen (secondary N) is 1. The predicted octanol–water partition coefficient (Wildman–Crippen LogP) is 4.74. The first-order chi connectivity index (χ1) is 20.7. The molecule has 44 heavy (non-hydrogen) atoms. The van der Waals surface area contributed by atoms with Gasteiger partial charge in [0.15, 0.2) is 5.78 Å². The Labute approximate surface area is 254 Å². The van der Waals surface area contributed by atoms with Crippen molar-refractivity contribution in [1.82, 2.24) is 13.9 Å². The summed E-state index contributed by atoms with van der Waals surface area (Å²) in [6.45, 7) is 7.09. The molecule has 0 unspecified atom stereocenters. The molecule has 1 N–H and O–H groups in total. The number of fused-ring (bicyclic) bond motifs is 1. The van der Waals surface area contributed by atoms with Crippen LogP contribution in [0.15, 0.2) is 41.8 Å². The first-order valence-electron chi connectivity index (χ1n) is 14.6. The van der Waals surface area contributed by atoms with E-state index in [1.165, 1.54) is 16.0 Å². The van der Waals surface area contributed by atoms with Crippen LogP contribution in [0.4, 0.5) is 18.9 Å². The number of piperazine rings is 1. The fourth-order valence-electron chi connectivity index (χ4n) is 6.19. The monoisotopic (exact) mass is 634 g/mol. The topological polar surface area (TPSA) is 105 Å². The lowest BCUT2D eigenvalue weighted by Crippen LogP contribution is -2.49. The van der Waals surface area contributed by atoms with Gasteiger partial charge in [-0.3, -0.25) is 14.5 Å². The number of H-pyrrole nitrogens is 1. The van der Waals surface area contributed by atoms with Gasteiger partial charge in [-0.05, 0) is 63.3 Å². The number of aryl methyl sites for hydroxylation is 2. The van der Waals surface area contributed by atoms with E-state index in [1.54, 1.807) is 44.3 Å². The summed E-state index contributed by atoms with van der Waals surface area (Å²) in [5.74, 6) is 0.0834. The third-order valence-corrected chi connectivity index (χ3v) is 11.2. The van der Waals surface area contributed by atoms with Crippen LogP contribution >= 0.6 is 0 Å². The van der Waals surface area contributed by atoms with Crippen molar-refractivity contribution in [3.05, 3.63) is 69.8 Å². The van der Waals surface area contributed by atoms with Crippen LogP contribution in [0.5, 0.6) is 5.75 Å². The zero-order chi connectivity index (χ0) is 32.0. The lowest BCUT2D eigenvalue weighted by atomic mass is 9.97. The number of aromatic amines is 1. The maximum atomic E-state index is 14.0. The smallest absolute Gasteiger partial charge is 0.401 e. The third-order valence-electron chi connectivity index (χ3n) is 8.67. The Morgan fingerprint density at radius 2 is 1.82 bits per heavy atom. The zero-order valence-electron chi connectivity index (χ0n) is 25.1. The predicted molar refractivity (Wildman–Crippen MR) is 163 cm³/mol. The Kier molecular flexibility index (Phi) is 8.49. The number of carbonyl (C=O) groups is 1. The Hall–Kier alpha value is -3.58. The summed E-state index contributed by atoms with van der Waals surface area (Å²) in [5, 5.41) is 0.497. The zero-order valence-corrected chi connectivity index (χ0v) is 25.9. The van der Waals surface area contributed by atoms with Gasteiger partial charge in [-0.25, -0.2) is 12.4 Å². The average molecular weight is 635 g/mol. The number of benzene rings is 1. The van der Waals surface area contributed by atoms with E-state index in [1.807, 2.05) is 4.90 Å². The van der Waals surface area contributed by atoms with Gasteiger partial charge in [0, 0.05) is 61.1 Å². The summed E-state index contributed by atoms with van der Waals surface area (Å²) in [7, 11) is -2.42. The minimum absolute atomic E-state index is 0.0435. The van der Waals surface area contributed by atoms with Crippen molar-refractivity contribution in [2.45, 2.75) is 56.9 Å². The molecule has 5 rings (SSSR count).